The average molecular weight is 727 g/mol. The Hall–Kier alpha value is -6.94. The molecule has 11 aromatic rings. The number of nitrogens with zero attached hydrogens (tertiary/aromatic N) is 1. The third-order valence-electron chi connectivity index (χ3n) is 10.4. The monoisotopic (exact) mass is 726 g/mol. The van der Waals surface area contributed by atoms with Gasteiger partial charge in [0.1, 0.15) is 11.2 Å². The third kappa shape index (κ3) is 5.32. The van der Waals surface area contributed by atoms with Crippen LogP contribution in [0.15, 0.2) is 204 Å². The van der Waals surface area contributed by atoms with E-state index in [9.17, 15) is 0 Å². The van der Waals surface area contributed by atoms with Gasteiger partial charge in [-0.1, -0.05) is 145 Å². The highest BCUT2D eigenvalue weighted by atomic mass is 32.1. The fourth-order valence-electron chi connectivity index (χ4n) is 7.83. The molecule has 0 fully saturated rings. The van der Waals surface area contributed by atoms with Crippen LogP contribution in [0.3, 0.4) is 0 Å². The van der Waals surface area contributed by atoms with Crippen LogP contribution in [-0.4, -0.2) is 0 Å². The molecule has 0 unspecified atom stereocenters. The minimum atomic E-state index is -0.452. The van der Waals surface area contributed by atoms with Crippen LogP contribution in [-0.2, 0) is 0 Å². The summed E-state index contributed by atoms with van der Waals surface area (Å²) in [6, 6.07) is 51.9. The number of benzene rings is 9. The molecule has 258 valence electrons. The number of thiophene rings is 1. The van der Waals surface area contributed by atoms with Crippen molar-refractivity contribution in [3.8, 4) is 33.4 Å². The van der Waals surface area contributed by atoms with Crippen LogP contribution in [0.5, 0.6) is 0 Å². The lowest BCUT2D eigenvalue weighted by Gasteiger charge is -2.26. The lowest BCUT2D eigenvalue weighted by atomic mass is 9.97. The van der Waals surface area contributed by atoms with Gasteiger partial charge in [-0.2, -0.15) is 0 Å². The molecule has 0 aliphatic carbocycles. The maximum Gasteiger partial charge on any atom is 0.136 e. The van der Waals surface area contributed by atoms with Gasteiger partial charge in [0, 0.05) is 48.0 Å². The first-order valence-corrected chi connectivity index (χ1v) is 18.9. The SMILES string of the molecule is [2H]c1c([2H])c([2H])c2c(oc3c([2H])c([2H])c([2H])c(-c4ccc(N(c5ccc(-c6cccc7ccccc67)cc5)c5ccc(-c6cccc7c6sc6ccccc67)cc5)cc4)c32)c1[2H]. The minimum absolute atomic E-state index is 0.0496. The van der Waals surface area contributed by atoms with Gasteiger partial charge in [0.15, 0.2) is 0 Å². The number of rotatable bonds is 6. The van der Waals surface area contributed by atoms with Gasteiger partial charge in [-0.15, -0.1) is 11.3 Å². The summed E-state index contributed by atoms with van der Waals surface area (Å²) < 4.78 is 68.8. The van der Waals surface area contributed by atoms with E-state index >= 15 is 0 Å². The molecule has 0 saturated carbocycles. The van der Waals surface area contributed by atoms with Crippen LogP contribution >= 0.6 is 11.3 Å². The number of anilines is 3. The lowest BCUT2D eigenvalue weighted by molar-refractivity contribution is 0.669. The van der Waals surface area contributed by atoms with E-state index in [4.69, 9.17) is 14.0 Å². The van der Waals surface area contributed by atoms with Crippen LogP contribution in [0.4, 0.5) is 17.1 Å². The molecular formula is C52H33NOS. The molecule has 0 radical (unpaired) electrons. The van der Waals surface area contributed by atoms with E-state index in [2.05, 4.69) is 138 Å². The van der Waals surface area contributed by atoms with Gasteiger partial charge in [0.2, 0.25) is 0 Å². The average Bonchev–Trinajstić information content (AvgIpc) is 3.90. The molecule has 11 rings (SSSR count). The van der Waals surface area contributed by atoms with Crippen molar-refractivity contribution in [3.05, 3.63) is 200 Å². The zero-order chi connectivity index (χ0) is 42.4. The minimum Gasteiger partial charge on any atom is -0.456 e. The molecule has 0 aliphatic heterocycles. The molecule has 0 aliphatic rings. The Morgan fingerprint density at radius 3 is 1.75 bits per heavy atom. The van der Waals surface area contributed by atoms with E-state index in [0.29, 0.717) is 5.56 Å². The van der Waals surface area contributed by atoms with E-state index in [1.165, 1.54) is 36.5 Å². The highest BCUT2D eigenvalue weighted by molar-refractivity contribution is 7.26. The van der Waals surface area contributed by atoms with Crippen molar-refractivity contribution in [1.82, 2.24) is 0 Å². The number of fused-ring (bicyclic) bond motifs is 7. The topological polar surface area (TPSA) is 16.4 Å². The summed E-state index contributed by atoms with van der Waals surface area (Å²) in [5, 5.41) is 5.16. The molecule has 2 aromatic heterocycles. The maximum atomic E-state index is 9.06. The predicted octanol–water partition coefficient (Wildman–Crippen LogP) is 15.6. The second-order valence-electron chi connectivity index (χ2n) is 13.5. The van der Waals surface area contributed by atoms with Crippen molar-refractivity contribution in [2.24, 2.45) is 0 Å². The molecule has 0 amide bonds. The Labute approximate surface area is 332 Å². The Kier molecular flexibility index (Phi) is 5.89. The van der Waals surface area contributed by atoms with Crippen molar-refractivity contribution in [2.75, 3.05) is 4.90 Å². The first-order chi connectivity index (χ1) is 30.2. The quantitative estimate of drug-likeness (QED) is 0.170. The fourth-order valence-corrected chi connectivity index (χ4v) is 9.07. The van der Waals surface area contributed by atoms with Crippen LogP contribution in [0.25, 0.3) is 86.3 Å². The first kappa shape index (κ1) is 25.1. The lowest BCUT2D eigenvalue weighted by Crippen LogP contribution is -2.09. The Balaban J connectivity index is 1.05. The van der Waals surface area contributed by atoms with Crippen LogP contribution in [0.2, 0.25) is 0 Å². The smallest absolute Gasteiger partial charge is 0.136 e. The third-order valence-corrected chi connectivity index (χ3v) is 11.6. The largest absolute Gasteiger partial charge is 0.456 e. The number of hydrogen-bond acceptors (Lipinski definition) is 3. The van der Waals surface area contributed by atoms with Crippen LogP contribution < -0.4 is 4.90 Å². The van der Waals surface area contributed by atoms with Gasteiger partial charge < -0.3 is 9.32 Å². The van der Waals surface area contributed by atoms with Crippen LogP contribution in [0.1, 0.15) is 9.60 Å². The summed E-state index contributed by atoms with van der Waals surface area (Å²) in [6.45, 7) is 0. The molecule has 0 bridgehead atoms. The van der Waals surface area contributed by atoms with Crippen molar-refractivity contribution in [2.45, 2.75) is 0 Å². The summed E-state index contributed by atoms with van der Waals surface area (Å²) in [6.07, 6.45) is 0. The molecule has 55 heavy (non-hydrogen) atoms. The molecule has 0 spiro atoms. The molecular weight excluding hydrogens is 687 g/mol. The van der Waals surface area contributed by atoms with Gasteiger partial charge in [-0.25, -0.2) is 0 Å². The maximum absolute atomic E-state index is 9.06. The molecule has 3 heteroatoms. The molecule has 0 N–H and O–H groups in total. The highest BCUT2D eigenvalue weighted by Crippen LogP contribution is 2.43. The highest BCUT2D eigenvalue weighted by Gasteiger charge is 2.17. The van der Waals surface area contributed by atoms with Crippen molar-refractivity contribution >= 4 is 81.3 Å². The van der Waals surface area contributed by atoms with Gasteiger partial charge in [-0.3, -0.25) is 0 Å². The zero-order valence-electron chi connectivity index (χ0n) is 36.3. The summed E-state index contributed by atoms with van der Waals surface area (Å²) in [5.74, 6) is 0. The van der Waals surface area contributed by atoms with Gasteiger partial charge in [0.05, 0.1) is 9.60 Å². The standard InChI is InChI=1S/C52H33NOS/c1-2-12-41-34(10-1)11-7-15-42(41)35-22-28-38(29-23-35)53(39-30-24-36(25-31-39)43-16-9-20-49-51(43)47-14-3-5-19-48(47)54-49)40-32-26-37(27-33-40)44-17-8-18-46-45-13-4-6-21-50(45)55-52(44)46/h1-33H/i3D,5D,9D,14D,16D,19D,20D. The van der Waals surface area contributed by atoms with E-state index in [0.717, 1.165) is 33.8 Å². The molecule has 9 aromatic carbocycles. The van der Waals surface area contributed by atoms with Gasteiger partial charge in [0.25, 0.3) is 0 Å². The Morgan fingerprint density at radius 2 is 0.982 bits per heavy atom. The first-order valence-electron chi connectivity index (χ1n) is 21.6. The summed E-state index contributed by atoms with van der Waals surface area (Å²) in [5.41, 5.74) is 7.85. The zero-order valence-corrected chi connectivity index (χ0v) is 30.1. The Morgan fingerprint density at radius 1 is 0.418 bits per heavy atom. The van der Waals surface area contributed by atoms with Gasteiger partial charge in [-0.05, 0) is 98.7 Å². The fraction of sp³-hybridized carbons (Fsp3) is 0. The van der Waals surface area contributed by atoms with E-state index in [1.54, 1.807) is 11.3 Å². The van der Waals surface area contributed by atoms with Crippen molar-refractivity contribution in [1.29, 1.82) is 0 Å². The molecule has 2 nitrogen and oxygen atoms in total. The normalized spacial score (nSPS) is 13.4. The number of furan rings is 1. The van der Waals surface area contributed by atoms with E-state index in [-0.39, 0.29) is 57.7 Å². The number of para-hydroxylation sites is 1. The molecule has 0 atom stereocenters. The summed E-state index contributed by atoms with van der Waals surface area (Å²) in [7, 11) is 0. The molecule has 2 heterocycles. The predicted molar refractivity (Wildman–Crippen MR) is 235 cm³/mol. The molecule has 0 saturated heterocycles. The van der Waals surface area contributed by atoms with E-state index < -0.39 is 12.1 Å². The van der Waals surface area contributed by atoms with Crippen LogP contribution in [0, 0.1) is 0 Å². The second kappa shape index (κ2) is 12.9. The second-order valence-corrected chi connectivity index (χ2v) is 14.6. The van der Waals surface area contributed by atoms with Crippen molar-refractivity contribution in [3.63, 3.8) is 0 Å². The van der Waals surface area contributed by atoms with Gasteiger partial charge >= 0.3 is 0 Å². The number of hydrogen-bond donors (Lipinski definition) is 0. The summed E-state index contributed by atoms with van der Waals surface area (Å²) in [4.78, 5) is 2.17. The Bertz CT molecular complexity index is 3590. The summed E-state index contributed by atoms with van der Waals surface area (Å²) >= 11 is 1.80. The van der Waals surface area contributed by atoms with E-state index in [1.807, 2.05) is 24.3 Å². The van der Waals surface area contributed by atoms with Crippen molar-refractivity contribution < 1.29 is 14.0 Å².